The van der Waals surface area contributed by atoms with E-state index in [-0.39, 0.29) is 0 Å². The third-order valence-electron chi connectivity index (χ3n) is 6.60. The first kappa shape index (κ1) is 30.4. The molecule has 0 spiro atoms. The van der Waals surface area contributed by atoms with Crippen molar-refractivity contribution in [3.63, 3.8) is 0 Å². The Morgan fingerprint density at radius 1 is 0.516 bits per heavy atom. The van der Waals surface area contributed by atoms with Crippen molar-refractivity contribution in [1.82, 2.24) is 0 Å². The van der Waals surface area contributed by atoms with Crippen LogP contribution in [-0.2, 0) is 4.79 Å². The lowest BCUT2D eigenvalue weighted by molar-refractivity contribution is -0.315. The van der Waals surface area contributed by atoms with Crippen LogP contribution < -0.4 is 5.11 Å². The van der Waals surface area contributed by atoms with Gasteiger partial charge in [-0.25, -0.2) is 0 Å². The second kappa shape index (κ2) is 25.7. The molecule has 0 aliphatic heterocycles. The Bertz CT molecular complexity index is 356. The molecule has 0 aromatic carbocycles. The van der Waals surface area contributed by atoms with Gasteiger partial charge in [0.2, 0.25) is 0 Å². The normalized spacial score (nSPS) is 12.3. The van der Waals surface area contributed by atoms with Gasteiger partial charge in [0.1, 0.15) is 0 Å². The molecule has 1 N–H and O–H groups in total. The highest BCUT2D eigenvalue weighted by atomic mass is 16.4. The molecule has 1 atom stereocenters. The summed E-state index contributed by atoms with van der Waals surface area (Å²) in [5, 5.41) is 19.5. The molecule has 0 bridgehead atoms. The number of carbonyl (C=O) groups is 1. The number of unbranched alkanes of at least 4 members (excludes halogenated alkanes) is 23. The SMILES string of the molecule is CCCCCCCCCCCCCCCCCCCCCCCCCC[C@@H](O)C(=O)[O-]. The minimum atomic E-state index is -1.34. The standard InChI is InChI=1S/C28H56O3/c1-2-3-4-5-6-7-8-9-10-11-12-13-14-15-16-17-18-19-20-21-22-23-24-25-26-27(29)28(30)31/h27,29H,2-26H2,1H3,(H,30,31)/p-1/t27-/m1/s1. The van der Waals surface area contributed by atoms with E-state index >= 15 is 0 Å². The fourth-order valence-electron chi connectivity index (χ4n) is 4.42. The van der Waals surface area contributed by atoms with Crippen LogP contribution in [0.3, 0.4) is 0 Å². The van der Waals surface area contributed by atoms with Gasteiger partial charge in [-0.05, 0) is 6.42 Å². The number of aliphatic hydroxyl groups excluding tert-OH is 1. The van der Waals surface area contributed by atoms with Gasteiger partial charge < -0.3 is 15.0 Å². The van der Waals surface area contributed by atoms with E-state index in [4.69, 9.17) is 5.11 Å². The first-order chi connectivity index (χ1) is 15.2. The smallest absolute Gasteiger partial charge is 0.0933 e. The average Bonchev–Trinajstić information content (AvgIpc) is 2.76. The van der Waals surface area contributed by atoms with E-state index in [1.54, 1.807) is 0 Å². The lowest BCUT2D eigenvalue weighted by atomic mass is 10.0. The van der Waals surface area contributed by atoms with Crippen LogP contribution in [0, 0.1) is 0 Å². The van der Waals surface area contributed by atoms with E-state index in [1.165, 1.54) is 135 Å². The fraction of sp³-hybridized carbons (Fsp3) is 0.964. The number of hydrogen-bond acceptors (Lipinski definition) is 3. The molecule has 0 saturated heterocycles. The molecule has 0 aromatic rings. The summed E-state index contributed by atoms with van der Waals surface area (Å²) in [5.41, 5.74) is 0. The van der Waals surface area contributed by atoms with Gasteiger partial charge in [-0.2, -0.15) is 0 Å². The topological polar surface area (TPSA) is 60.4 Å². The molecule has 186 valence electrons. The van der Waals surface area contributed by atoms with Crippen molar-refractivity contribution in [3.8, 4) is 0 Å². The maximum atomic E-state index is 10.4. The molecule has 0 radical (unpaired) electrons. The second-order valence-corrected chi connectivity index (χ2v) is 9.76. The summed E-state index contributed by atoms with van der Waals surface area (Å²) in [4.78, 5) is 10.4. The van der Waals surface area contributed by atoms with Crippen LogP contribution in [-0.4, -0.2) is 17.2 Å². The number of carboxylic acids is 1. The van der Waals surface area contributed by atoms with Gasteiger partial charge in [0.05, 0.1) is 12.1 Å². The van der Waals surface area contributed by atoms with Crippen molar-refractivity contribution >= 4 is 5.97 Å². The first-order valence-electron chi connectivity index (χ1n) is 14.1. The van der Waals surface area contributed by atoms with Crippen molar-refractivity contribution < 1.29 is 15.0 Å². The van der Waals surface area contributed by atoms with Crippen LogP contribution in [0.15, 0.2) is 0 Å². The summed E-state index contributed by atoms with van der Waals surface area (Å²) < 4.78 is 0. The summed E-state index contributed by atoms with van der Waals surface area (Å²) >= 11 is 0. The Kier molecular flexibility index (Phi) is 25.2. The van der Waals surface area contributed by atoms with E-state index in [0.29, 0.717) is 6.42 Å². The van der Waals surface area contributed by atoms with Crippen LogP contribution in [0.4, 0.5) is 0 Å². The van der Waals surface area contributed by atoms with Crippen LogP contribution in [0.5, 0.6) is 0 Å². The highest BCUT2D eigenvalue weighted by molar-refractivity contribution is 5.69. The zero-order chi connectivity index (χ0) is 22.8. The molecule has 0 aromatic heterocycles. The predicted molar refractivity (Wildman–Crippen MR) is 132 cm³/mol. The van der Waals surface area contributed by atoms with Crippen molar-refractivity contribution in [2.24, 2.45) is 0 Å². The minimum Gasteiger partial charge on any atom is -0.547 e. The van der Waals surface area contributed by atoms with Gasteiger partial charge in [0.15, 0.2) is 0 Å². The van der Waals surface area contributed by atoms with E-state index in [1.807, 2.05) is 0 Å². The Morgan fingerprint density at radius 3 is 0.968 bits per heavy atom. The summed E-state index contributed by atoms with van der Waals surface area (Å²) in [5.74, 6) is -1.34. The quantitative estimate of drug-likeness (QED) is 0.139. The molecule has 0 saturated carbocycles. The lowest BCUT2D eigenvalue weighted by Gasteiger charge is -2.10. The van der Waals surface area contributed by atoms with Gasteiger partial charge in [-0.3, -0.25) is 0 Å². The molecule has 0 fully saturated rings. The van der Waals surface area contributed by atoms with E-state index < -0.39 is 12.1 Å². The monoisotopic (exact) mass is 439 g/mol. The Labute approximate surface area is 194 Å². The lowest BCUT2D eigenvalue weighted by Crippen LogP contribution is -2.35. The minimum absolute atomic E-state index is 0.335. The zero-order valence-corrected chi connectivity index (χ0v) is 21.0. The third-order valence-corrected chi connectivity index (χ3v) is 6.60. The molecule has 0 rings (SSSR count). The zero-order valence-electron chi connectivity index (χ0n) is 21.0. The molecular weight excluding hydrogens is 384 g/mol. The molecule has 3 nitrogen and oxygen atoms in total. The van der Waals surface area contributed by atoms with Gasteiger partial charge in [0.25, 0.3) is 0 Å². The first-order valence-corrected chi connectivity index (χ1v) is 14.1. The summed E-state index contributed by atoms with van der Waals surface area (Å²) in [7, 11) is 0. The Morgan fingerprint density at radius 2 is 0.742 bits per heavy atom. The molecule has 0 aliphatic rings. The van der Waals surface area contributed by atoms with E-state index in [0.717, 1.165) is 19.3 Å². The van der Waals surface area contributed by atoms with Gasteiger partial charge in [0, 0.05) is 0 Å². The number of aliphatic carboxylic acids is 1. The number of aliphatic hydroxyl groups is 1. The van der Waals surface area contributed by atoms with Gasteiger partial charge in [-0.15, -0.1) is 0 Å². The maximum absolute atomic E-state index is 10.4. The third kappa shape index (κ3) is 25.6. The van der Waals surface area contributed by atoms with Crippen LogP contribution >= 0.6 is 0 Å². The van der Waals surface area contributed by atoms with Crippen LogP contribution in [0.1, 0.15) is 167 Å². The van der Waals surface area contributed by atoms with E-state index in [9.17, 15) is 9.90 Å². The van der Waals surface area contributed by atoms with Crippen molar-refractivity contribution in [3.05, 3.63) is 0 Å². The Hall–Kier alpha value is -0.570. The predicted octanol–water partition coefficient (Wildman–Crippen LogP) is 7.87. The fourth-order valence-corrected chi connectivity index (χ4v) is 4.42. The average molecular weight is 440 g/mol. The van der Waals surface area contributed by atoms with Gasteiger partial charge >= 0.3 is 0 Å². The highest BCUT2D eigenvalue weighted by Crippen LogP contribution is 2.15. The van der Waals surface area contributed by atoms with Gasteiger partial charge in [-0.1, -0.05) is 161 Å². The number of carbonyl (C=O) groups excluding carboxylic acids is 1. The summed E-state index contributed by atoms with van der Waals surface area (Å²) in [6.07, 6.45) is 31.6. The molecular formula is C28H55O3-. The second-order valence-electron chi connectivity index (χ2n) is 9.76. The van der Waals surface area contributed by atoms with Crippen molar-refractivity contribution in [2.75, 3.05) is 0 Å². The van der Waals surface area contributed by atoms with E-state index in [2.05, 4.69) is 6.92 Å². The number of carboxylic acid groups (broad SMARTS) is 1. The van der Waals surface area contributed by atoms with Crippen LogP contribution in [0.25, 0.3) is 0 Å². The van der Waals surface area contributed by atoms with Crippen molar-refractivity contribution in [2.45, 2.75) is 174 Å². The molecule has 3 heteroatoms. The van der Waals surface area contributed by atoms with Crippen molar-refractivity contribution in [1.29, 1.82) is 0 Å². The Balaban J connectivity index is 3.04. The number of rotatable bonds is 26. The largest absolute Gasteiger partial charge is 0.547 e. The summed E-state index contributed by atoms with van der Waals surface area (Å²) in [6, 6.07) is 0. The summed E-state index contributed by atoms with van der Waals surface area (Å²) in [6.45, 7) is 2.29. The molecule has 31 heavy (non-hydrogen) atoms. The molecule has 0 unspecified atom stereocenters. The van der Waals surface area contributed by atoms with Crippen LogP contribution in [0.2, 0.25) is 0 Å². The number of hydrogen-bond donors (Lipinski definition) is 1. The molecule has 0 amide bonds. The highest BCUT2D eigenvalue weighted by Gasteiger charge is 2.03. The molecule has 0 heterocycles. The maximum Gasteiger partial charge on any atom is 0.0933 e. The molecule has 0 aliphatic carbocycles.